The van der Waals surface area contributed by atoms with E-state index in [4.69, 9.17) is 11.2 Å². The predicted molar refractivity (Wildman–Crippen MR) is 75.8 cm³/mol. The number of nitrogens with zero attached hydrogens (tertiary/aromatic N) is 2. The molecular formula is C14H17N3O2. The molecule has 0 atom stereocenters. The van der Waals surface area contributed by atoms with Crippen molar-refractivity contribution in [1.82, 2.24) is 5.32 Å². The number of terminal acetylenes is 1. The number of carbonyl (C=O) groups excluding carboxylic acids is 1. The first kappa shape index (κ1) is 13.1. The van der Waals surface area contributed by atoms with E-state index in [9.17, 15) is 4.79 Å². The monoisotopic (exact) mass is 259 g/mol. The van der Waals surface area contributed by atoms with E-state index < -0.39 is 0 Å². The number of amides is 2. The molecule has 1 N–H and O–H groups in total. The maximum Gasteiger partial charge on any atom is 0.322 e. The molecule has 1 aromatic carbocycles. The average Bonchev–Trinajstić information content (AvgIpc) is 2.43. The van der Waals surface area contributed by atoms with Gasteiger partial charge in [-0.05, 0) is 12.1 Å². The van der Waals surface area contributed by atoms with Gasteiger partial charge in [-0.15, -0.1) is 6.42 Å². The highest BCUT2D eigenvalue weighted by atomic mass is 16.5. The number of hydrogen-bond acceptors (Lipinski definition) is 3. The van der Waals surface area contributed by atoms with Crippen LogP contribution in [0.5, 0.6) is 5.75 Å². The van der Waals surface area contributed by atoms with Crippen molar-refractivity contribution in [2.75, 3.05) is 43.6 Å². The highest BCUT2D eigenvalue weighted by molar-refractivity contribution is 5.94. The molecule has 1 heterocycles. The lowest BCUT2D eigenvalue weighted by atomic mass is 10.2. The van der Waals surface area contributed by atoms with Crippen molar-refractivity contribution in [3.8, 4) is 18.1 Å². The highest BCUT2D eigenvalue weighted by Gasteiger charge is 2.23. The van der Waals surface area contributed by atoms with E-state index in [-0.39, 0.29) is 12.6 Å². The Morgan fingerprint density at radius 1 is 1.58 bits per heavy atom. The van der Waals surface area contributed by atoms with Crippen LogP contribution in [0.25, 0.3) is 0 Å². The molecule has 1 aliphatic rings. The standard InChI is InChI=1S/C14H17N3O2/c1-4-7-15-14(18)17-8-9-19-13-10-11(16(2)3)5-6-12(13)17/h1,5-6,10H,7-9H2,2-3H3,(H,15,18). The predicted octanol–water partition coefficient (Wildman–Crippen LogP) is 1.29. The van der Waals surface area contributed by atoms with Gasteiger partial charge in [0.25, 0.3) is 0 Å². The van der Waals surface area contributed by atoms with Crippen LogP contribution >= 0.6 is 0 Å². The lowest BCUT2D eigenvalue weighted by molar-refractivity contribution is 0.241. The summed E-state index contributed by atoms with van der Waals surface area (Å²) >= 11 is 0. The molecule has 0 saturated heterocycles. The van der Waals surface area contributed by atoms with Gasteiger partial charge in [-0.25, -0.2) is 4.79 Å². The quantitative estimate of drug-likeness (QED) is 0.814. The Hall–Kier alpha value is -2.35. The fraction of sp³-hybridized carbons (Fsp3) is 0.357. The van der Waals surface area contributed by atoms with Crippen LogP contribution in [0.2, 0.25) is 0 Å². The van der Waals surface area contributed by atoms with Crippen LogP contribution in [-0.4, -0.2) is 39.8 Å². The number of benzene rings is 1. The average molecular weight is 259 g/mol. The van der Waals surface area contributed by atoms with Crippen molar-refractivity contribution in [2.45, 2.75) is 0 Å². The molecule has 100 valence electrons. The Bertz CT molecular complexity index is 520. The Morgan fingerprint density at radius 3 is 3.05 bits per heavy atom. The van der Waals surface area contributed by atoms with Crippen molar-refractivity contribution in [1.29, 1.82) is 0 Å². The molecule has 0 unspecified atom stereocenters. The number of urea groups is 1. The van der Waals surface area contributed by atoms with Crippen LogP contribution < -0.4 is 19.9 Å². The van der Waals surface area contributed by atoms with Crippen LogP contribution in [0.4, 0.5) is 16.2 Å². The summed E-state index contributed by atoms with van der Waals surface area (Å²) in [6, 6.07) is 5.57. The van der Waals surface area contributed by atoms with E-state index in [0.29, 0.717) is 18.9 Å². The van der Waals surface area contributed by atoms with Crippen molar-refractivity contribution in [2.24, 2.45) is 0 Å². The molecule has 0 saturated carbocycles. The Labute approximate surface area is 113 Å². The summed E-state index contributed by atoms with van der Waals surface area (Å²) in [5, 5.41) is 2.67. The van der Waals surface area contributed by atoms with E-state index in [0.717, 1.165) is 11.4 Å². The third kappa shape index (κ3) is 2.74. The molecule has 2 amide bonds. The summed E-state index contributed by atoms with van der Waals surface area (Å²) in [6.07, 6.45) is 5.14. The smallest absolute Gasteiger partial charge is 0.322 e. The van der Waals surface area contributed by atoms with E-state index in [2.05, 4.69) is 11.2 Å². The largest absolute Gasteiger partial charge is 0.489 e. The molecule has 19 heavy (non-hydrogen) atoms. The van der Waals surface area contributed by atoms with Crippen molar-refractivity contribution in [3.05, 3.63) is 18.2 Å². The molecule has 0 bridgehead atoms. The Morgan fingerprint density at radius 2 is 2.37 bits per heavy atom. The van der Waals surface area contributed by atoms with Crippen molar-refractivity contribution < 1.29 is 9.53 Å². The zero-order valence-corrected chi connectivity index (χ0v) is 11.1. The number of fused-ring (bicyclic) bond motifs is 1. The SMILES string of the molecule is C#CCNC(=O)N1CCOc2cc(N(C)C)ccc21. The number of hydrogen-bond donors (Lipinski definition) is 1. The van der Waals surface area contributed by atoms with Gasteiger partial charge in [-0.2, -0.15) is 0 Å². The molecule has 5 heteroatoms. The van der Waals surface area contributed by atoms with Crippen LogP contribution in [-0.2, 0) is 0 Å². The normalized spacial score (nSPS) is 13.0. The van der Waals surface area contributed by atoms with Gasteiger partial charge in [-0.1, -0.05) is 5.92 Å². The highest BCUT2D eigenvalue weighted by Crippen LogP contribution is 2.34. The summed E-state index contributed by atoms with van der Waals surface area (Å²) in [5.41, 5.74) is 1.80. The third-order valence-corrected chi connectivity index (χ3v) is 2.91. The maximum atomic E-state index is 12.0. The van der Waals surface area contributed by atoms with Gasteiger partial charge < -0.3 is 15.0 Å². The van der Waals surface area contributed by atoms with Gasteiger partial charge in [0.2, 0.25) is 0 Å². The summed E-state index contributed by atoms with van der Waals surface area (Å²) < 4.78 is 5.61. The fourth-order valence-corrected chi connectivity index (χ4v) is 1.92. The van der Waals surface area contributed by atoms with Crippen molar-refractivity contribution in [3.63, 3.8) is 0 Å². The lowest BCUT2D eigenvalue weighted by Gasteiger charge is -2.30. The number of anilines is 2. The molecule has 0 spiro atoms. The number of rotatable bonds is 2. The first-order chi connectivity index (χ1) is 9.13. The van der Waals surface area contributed by atoms with Crippen molar-refractivity contribution >= 4 is 17.4 Å². The zero-order valence-electron chi connectivity index (χ0n) is 11.1. The van der Waals surface area contributed by atoms with Gasteiger partial charge in [-0.3, -0.25) is 4.90 Å². The second-order valence-electron chi connectivity index (χ2n) is 4.41. The summed E-state index contributed by atoms with van der Waals surface area (Å²) in [6.45, 7) is 1.22. The summed E-state index contributed by atoms with van der Waals surface area (Å²) in [5.74, 6) is 3.11. The van der Waals surface area contributed by atoms with Crippen LogP contribution in [0.15, 0.2) is 18.2 Å². The fourth-order valence-electron chi connectivity index (χ4n) is 1.92. The second kappa shape index (κ2) is 5.53. The van der Waals surface area contributed by atoms with Gasteiger partial charge in [0.05, 0.1) is 18.8 Å². The number of carbonyl (C=O) groups is 1. The minimum Gasteiger partial charge on any atom is -0.489 e. The second-order valence-corrected chi connectivity index (χ2v) is 4.41. The summed E-state index contributed by atoms with van der Waals surface area (Å²) in [4.78, 5) is 15.6. The minimum absolute atomic E-state index is 0.194. The van der Waals surface area contributed by atoms with Gasteiger partial charge in [0.15, 0.2) is 0 Å². The summed E-state index contributed by atoms with van der Waals surface area (Å²) in [7, 11) is 3.92. The third-order valence-electron chi connectivity index (χ3n) is 2.91. The molecule has 2 rings (SSSR count). The van der Waals surface area contributed by atoms with E-state index in [1.54, 1.807) is 4.90 Å². The van der Waals surface area contributed by atoms with E-state index in [1.165, 1.54) is 0 Å². The Balaban J connectivity index is 2.25. The number of ether oxygens (including phenoxy) is 1. The van der Waals surface area contributed by atoms with Crippen LogP contribution in [0, 0.1) is 12.3 Å². The van der Waals surface area contributed by atoms with Crippen LogP contribution in [0.3, 0.4) is 0 Å². The van der Waals surface area contributed by atoms with E-state index >= 15 is 0 Å². The molecule has 0 fully saturated rings. The molecule has 0 radical (unpaired) electrons. The van der Waals surface area contributed by atoms with Gasteiger partial charge >= 0.3 is 6.03 Å². The van der Waals surface area contributed by atoms with E-state index in [1.807, 2.05) is 37.2 Å². The zero-order chi connectivity index (χ0) is 13.8. The minimum atomic E-state index is -0.194. The number of nitrogens with one attached hydrogen (secondary N) is 1. The molecule has 0 aromatic heterocycles. The Kier molecular flexibility index (Phi) is 3.81. The first-order valence-corrected chi connectivity index (χ1v) is 6.06. The molecular weight excluding hydrogens is 242 g/mol. The molecule has 1 aliphatic heterocycles. The topological polar surface area (TPSA) is 44.8 Å². The van der Waals surface area contributed by atoms with Gasteiger partial charge in [0.1, 0.15) is 12.4 Å². The molecule has 1 aromatic rings. The molecule has 5 nitrogen and oxygen atoms in total. The maximum absolute atomic E-state index is 12.0. The first-order valence-electron chi connectivity index (χ1n) is 6.06. The molecule has 0 aliphatic carbocycles. The lowest BCUT2D eigenvalue weighted by Crippen LogP contribution is -2.44. The van der Waals surface area contributed by atoms with Crippen LogP contribution in [0.1, 0.15) is 0 Å². The van der Waals surface area contributed by atoms with Gasteiger partial charge in [0, 0.05) is 25.8 Å².